The van der Waals surface area contributed by atoms with Crippen LogP contribution in [0.25, 0.3) is 0 Å². The van der Waals surface area contributed by atoms with Crippen LogP contribution in [0, 0.1) is 23.2 Å². The molecule has 0 unspecified atom stereocenters. The van der Waals surface area contributed by atoms with E-state index in [1.165, 1.54) is 0 Å². The second kappa shape index (κ2) is 5.28. The fraction of sp³-hybridized carbons (Fsp3) is 0.625. The number of hydrogen-bond acceptors (Lipinski definition) is 2. The van der Waals surface area contributed by atoms with Crippen molar-refractivity contribution in [2.24, 2.45) is 16.2 Å². The van der Waals surface area contributed by atoms with E-state index in [2.05, 4.69) is 71.9 Å². The standard InChI is InChI=1S/C16H19Br3N2O/c1-9-5-4-6-10(20-9)21-13(22)16-8-7-15(11(16)17,12(18)19)14(16,2)3/h4-6,11-12H,7-8H2,1-3H3,(H,20,21,22)/t11-,15+,16-/m1/s1. The van der Waals surface area contributed by atoms with Crippen LogP contribution >= 0.6 is 47.8 Å². The molecule has 1 aromatic heterocycles. The molecule has 3 aliphatic carbocycles. The SMILES string of the molecule is Cc1cccc(NC(=O)[C@@]23CC[C@@](C(Br)Br)([C@H]2Br)C3(C)C)n1. The van der Waals surface area contributed by atoms with Gasteiger partial charge in [0, 0.05) is 15.9 Å². The highest BCUT2D eigenvalue weighted by Crippen LogP contribution is 2.82. The Bertz CT molecular complexity index is 634. The largest absolute Gasteiger partial charge is 0.310 e. The molecule has 1 amide bonds. The van der Waals surface area contributed by atoms with Gasteiger partial charge < -0.3 is 5.32 Å². The molecule has 0 aromatic carbocycles. The maximum absolute atomic E-state index is 13.1. The summed E-state index contributed by atoms with van der Waals surface area (Å²) in [6, 6.07) is 5.69. The number of aryl methyl sites for hydroxylation is 1. The van der Waals surface area contributed by atoms with Crippen LogP contribution in [0.3, 0.4) is 0 Å². The second-order valence-corrected chi connectivity index (χ2v) is 10.9. The lowest BCUT2D eigenvalue weighted by atomic mass is 9.43. The summed E-state index contributed by atoms with van der Waals surface area (Å²) in [5, 5.41) is 3.03. The lowest BCUT2D eigenvalue weighted by Crippen LogP contribution is -2.71. The van der Waals surface area contributed by atoms with E-state index in [4.69, 9.17) is 0 Å². The van der Waals surface area contributed by atoms with Crippen molar-refractivity contribution in [1.82, 2.24) is 4.98 Å². The Morgan fingerprint density at radius 1 is 1.36 bits per heavy atom. The number of carbonyl (C=O) groups is 1. The zero-order chi connectivity index (χ0) is 16.3. The molecular formula is C16H19Br3N2O. The van der Waals surface area contributed by atoms with E-state index in [0.29, 0.717) is 5.82 Å². The molecule has 3 fully saturated rings. The minimum atomic E-state index is -0.391. The van der Waals surface area contributed by atoms with Crippen LogP contribution in [-0.4, -0.2) is 19.5 Å². The maximum Gasteiger partial charge on any atom is 0.233 e. The molecule has 1 heterocycles. The van der Waals surface area contributed by atoms with Crippen LogP contribution in [0.2, 0.25) is 0 Å². The van der Waals surface area contributed by atoms with Crippen LogP contribution in [0.1, 0.15) is 32.4 Å². The number of pyridine rings is 1. The zero-order valence-corrected chi connectivity index (χ0v) is 17.5. The van der Waals surface area contributed by atoms with Gasteiger partial charge >= 0.3 is 0 Å². The molecule has 0 radical (unpaired) electrons. The van der Waals surface area contributed by atoms with Gasteiger partial charge in [0.1, 0.15) is 5.82 Å². The molecule has 1 aromatic rings. The topological polar surface area (TPSA) is 42.0 Å². The highest BCUT2D eigenvalue weighted by Gasteiger charge is 2.83. The quantitative estimate of drug-likeness (QED) is 0.600. The minimum Gasteiger partial charge on any atom is -0.310 e. The summed E-state index contributed by atoms with van der Waals surface area (Å²) in [5.74, 6) is 0.708. The summed E-state index contributed by atoms with van der Waals surface area (Å²) in [4.78, 5) is 17.6. The van der Waals surface area contributed by atoms with E-state index < -0.39 is 5.41 Å². The van der Waals surface area contributed by atoms with Crippen LogP contribution in [0.5, 0.6) is 0 Å². The van der Waals surface area contributed by atoms with Crippen molar-refractivity contribution in [3.63, 3.8) is 0 Å². The predicted octanol–water partition coefficient (Wildman–Crippen LogP) is 5.01. The summed E-state index contributed by atoms with van der Waals surface area (Å²) < 4.78 is 0.187. The first-order valence-corrected chi connectivity index (χ1v) is 10.1. The number of alkyl halides is 3. The van der Waals surface area contributed by atoms with Crippen LogP contribution < -0.4 is 5.32 Å². The van der Waals surface area contributed by atoms with E-state index in [-0.39, 0.29) is 25.3 Å². The third kappa shape index (κ3) is 1.83. The summed E-state index contributed by atoms with van der Waals surface area (Å²) in [7, 11) is 0. The van der Waals surface area contributed by atoms with Crippen molar-refractivity contribution in [3.05, 3.63) is 23.9 Å². The van der Waals surface area contributed by atoms with Crippen LogP contribution in [0.4, 0.5) is 5.82 Å². The molecule has 3 saturated carbocycles. The fourth-order valence-electron chi connectivity index (χ4n) is 4.54. The van der Waals surface area contributed by atoms with Crippen molar-refractivity contribution in [2.75, 3.05) is 5.32 Å². The summed E-state index contributed by atoms with van der Waals surface area (Å²) in [6.07, 6.45) is 1.91. The number of amides is 1. The zero-order valence-electron chi connectivity index (χ0n) is 12.8. The van der Waals surface area contributed by atoms with E-state index in [1.54, 1.807) is 0 Å². The van der Waals surface area contributed by atoms with Gasteiger partial charge in [-0.1, -0.05) is 67.7 Å². The van der Waals surface area contributed by atoms with Crippen LogP contribution in [0.15, 0.2) is 18.2 Å². The molecule has 0 spiro atoms. The Kier molecular flexibility index (Phi) is 4.06. The highest BCUT2D eigenvalue weighted by atomic mass is 79.9. The Morgan fingerprint density at radius 3 is 2.55 bits per heavy atom. The number of nitrogens with one attached hydrogen (secondary N) is 1. The molecule has 3 atom stereocenters. The van der Waals surface area contributed by atoms with Gasteiger partial charge in [0.25, 0.3) is 0 Å². The number of fused-ring (bicyclic) bond motifs is 1. The first kappa shape index (κ1) is 16.9. The maximum atomic E-state index is 13.1. The smallest absolute Gasteiger partial charge is 0.233 e. The predicted molar refractivity (Wildman–Crippen MR) is 99.8 cm³/mol. The number of halogens is 3. The van der Waals surface area contributed by atoms with Gasteiger partial charge in [-0.25, -0.2) is 4.98 Å². The van der Waals surface area contributed by atoms with E-state index in [1.807, 2.05) is 25.1 Å². The van der Waals surface area contributed by atoms with Gasteiger partial charge in [0.15, 0.2) is 0 Å². The van der Waals surface area contributed by atoms with E-state index in [9.17, 15) is 4.79 Å². The first-order chi connectivity index (χ1) is 10.2. The summed E-state index contributed by atoms with van der Waals surface area (Å²) >= 11 is 11.2. The number of carbonyl (C=O) groups excluding carboxylic acids is 1. The van der Waals surface area contributed by atoms with E-state index in [0.717, 1.165) is 18.5 Å². The summed E-state index contributed by atoms with van der Waals surface area (Å²) in [6.45, 7) is 6.34. The monoisotopic (exact) mass is 492 g/mol. The Labute approximate surface area is 156 Å². The molecule has 2 bridgehead atoms. The molecule has 3 nitrogen and oxygen atoms in total. The number of anilines is 1. The highest BCUT2D eigenvalue weighted by molar-refractivity contribution is 9.24. The molecule has 1 N–H and O–H groups in total. The third-order valence-corrected chi connectivity index (χ3v) is 9.25. The van der Waals surface area contributed by atoms with Crippen molar-refractivity contribution < 1.29 is 4.79 Å². The van der Waals surface area contributed by atoms with Gasteiger partial charge in [-0.2, -0.15) is 0 Å². The number of aromatic nitrogens is 1. The fourth-order valence-corrected chi connectivity index (χ4v) is 9.45. The van der Waals surface area contributed by atoms with Gasteiger partial charge in [-0.3, -0.25) is 4.79 Å². The minimum absolute atomic E-state index is 0.0460. The Morgan fingerprint density at radius 2 is 2.05 bits per heavy atom. The van der Waals surface area contributed by atoms with Gasteiger partial charge in [0.2, 0.25) is 5.91 Å². The van der Waals surface area contributed by atoms with E-state index >= 15 is 0 Å². The average Bonchev–Trinajstić information content (AvgIpc) is 2.88. The van der Waals surface area contributed by atoms with Gasteiger partial charge in [-0.05, 0) is 37.3 Å². The molecule has 4 rings (SSSR count). The van der Waals surface area contributed by atoms with Gasteiger partial charge in [-0.15, -0.1) is 0 Å². The molecule has 0 aliphatic heterocycles. The van der Waals surface area contributed by atoms with Crippen molar-refractivity contribution in [3.8, 4) is 0 Å². The van der Waals surface area contributed by atoms with Crippen molar-refractivity contribution in [1.29, 1.82) is 0 Å². The lowest BCUT2D eigenvalue weighted by Gasteiger charge is -2.66. The molecule has 22 heavy (non-hydrogen) atoms. The van der Waals surface area contributed by atoms with Crippen molar-refractivity contribution >= 4 is 59.5 Å². The van der Waals surface area contributed by atoms with Crippen molar-refractivity contribution in [2.45, 2.75) is 42.2 Å². The number of rotatable bonds is 3. The lowest BCUT2D eigenvalue weighted by molar-refractivity contribution is -0.155. The average molecular weight is 495 g/mol. The molecule has 3 aliphatic rings. The molecular weight excluding hydrogens is 476 g/mol. The number of hydrogen-bond donors (Lipinski definition) is 1. The Balaban J connectivity index is 1.91. The molecule has 0 saturated heterocycles. The van der Waals surface area contributed by atoms with Crippen LogP contribution in [-0.2, 0) is 4.79 Å². The number of nitrogens with zero attached hydrogens (tertiary/aromatic N) is 1. The third-order valence-electron chi connectivity index (χ3n) is 6.02. The summed E-state index contributed by atoms with van der Waals surface area (Å²) in [5.41, 5.74) is 0.461. The van der Waals surface area contributed by atoms with Gasteiger partial charge in [0.05, 0.1) is 9.15 Å². The normalized spacial score (nSPS) is 35.3. The second-order valence-electron chi connectivity index (χ2n) is 6.92. The Hall–Kier alpha value is 0.0600. The first-order valence-electron chi connectivity index (χ1n) is 7.37. The molecule has 120 valence electrons. The molecule has 6 heteroatoms.